The van der Waals surface area contributed by atoms with E-state index in [-0.39, 0.29) is 0 Å². The van der Waals surface area contributed by atoms with Gasteiger partial charge in [-0.15, -0.1) is 6.58 Å². The molecular formula is C10H19N. The fourth-order valence-electron chi connectivity index (χ4n) is 0.913. The Balaban J connectivity index is 3.71. The number of nitrogens with zero attached hydrogens (tertiary/aromatic N) is 1. The monoisotopic (exact) mass is 153 g/mol. The van der Waals surface area contributed by atoms with Gasteiger partial charge in [0.2, 0.25) is 0 Å². The Morgan fingerprint density at radius 1 is 1.55 bits per heavy atom. The van der Waals surface area contributed by atoms with Crippen molar-refractivity contribution in [3.05, 3.63) is 24.4 Å². The van der Waals surface area contributed by atoms with Crippen LogP contribution in [0.4, 0.5) is 0 Å². The topological polar surface area (TPSA) is 3.24 Å². The first kappa shape index (κ1) is 10.3. The molecule has 0 aliphatic carbocycles. The van der Waals surface area contributed by atoms with E-state index in [9.17, 15) is 0 Å². The third-order valence-electron chi connectivity index (χ3n) is 1.77. The Bertz CT molecular complexity index is 136. The van der Waals surface area contributed by atoms with E-state index in [4.69, 9.17) is 0 Å². The summed E-state index contributed by atoms with van der Waals surface area (Å²) in [4.78, 5) is 2.26. The van der Waals surface area contributed by atoms with Crippen molar-refractivity contribution in [3.63, 3.8) is 0 Å². The van der Waals surface area contributed by atoms with Gasteiger partial charge in [0.05, 0.1) is 0 Å². The van der Waals surface area contributed by atoms with E-state index in [1.54, 1.807) is 0 Å². The second-order valence-corrected chi connectivity index (χ2v) is 2.75. The summed E-state index contributed by atoms with van der Waals surface area (Å²) in [6, 6.07) is 0. The van der Waals surface area contributed by atoms with Crippen molar-refractivity contribution >= 4 is 0 Å². The van der Waals surface area contributed by atoms with Crippen LogP contribution in [-0.4, -0.2) is 18.5 Å². The Morgan fingerprint density at radius 2 is 2.18 bits per heavy atom. The molecule has 0 aliphatic heterocycles. The van der Waals surface area contributed by atoms with Gasteiger partial charge < -0.3 is 4.90 Å². The van der Waals surface area contributed by atoms with Crippen LogP contribution in [0.2, 0.25) is 0 Å². The molecule has 0 saturated heterocycles. The summed E-state index contributed by atoms with van der Waals surface area (Å²) in [5, 5.41) is 0. The van der Waals surface area contributed by atoms with E-state index < -0.39 is 0 Å². The number of rotatable bonds is 5. The Morgan fingerprint density at radius 3 is 2.64 bits per heavy atom. The van der Waals surface area contributed by atoms with Gasteiger partial charge in [-0.3, -0.25) is 0 Å². The smallest absolute Gasteiger partial charge is 0.0206 e. The molecule has 0 rings (SSSR count). The highest BCUT2D eigenvalue weighted by Crippen LogP contribution is 2.01. The fourth-order valence-corrected chi connectivity index (χ4v) is 0.913. The Kier molecular flexibility index (Phi) is 5.63. The predicted octanol–water partition coefficient (Wildman–Crippen LogP) is 2.81. The van der Waals surface area contributed by atoms with Crippen molar-refractivity contribution in [1.82, 2.24) is 4.90 Å². The van der Waals surface area contributed by atoms with Gasteiger partial charge in [0.1, 0.15) is 0 Å². The average Bonchev–Trinajstić information content (AvgIpc) is 2.00. The minimum Gasteiger partial charge on any atom is -0.378 e. The third-order valence-corrected chi connectivity index (χ3v) is 1.77. The molecule has 0 atom stereocenters. The van der Waals surface area contributed by atoms with Gasteiger partial charge in [-0.25, -0.2) is 0 Å². The number of hydrogen-bond acceptors (Lipinski definition) is 1. The fraction of sp³-hybridized carbons (Fsp3) is 0.600. The molecule has 0 aromatic carbocycles. The molecule has 0 unspecified atom stereocenters. The van der Waals surface area contributed by atoms with Gasteiger partial charge in [0.25, 0.3) is 0 Å². The Labute approximate surface area is 70.4 Å². The van der Waals surface area contributed by atoms with E-state index in [0.29, 0.717) is 0 Å². The molecule has 0 radical (unpaired) electrons. The number of allylic oxidation sites excluding steroid dienone is 2. The summed E-state index contributed by atoms with van der Waals surface area (Å²) in [5.74, 6) is 0. The van der Waals surface area contributed by atoms with E-state index in [1.807, 2.05) is 6.08 Å². The van der Waals surface area contributed by atoms with Crippen LogP contribution in [0.15, 0.2) is 24.4 Å². The average molecular weight is 153 g/mol. The molecule has 0 aromatic heterocycles. The first-order chi connectivity index (χ1) is 5.22. The van der Waals surface area contributed by atoms with Crippen molar-refractivity contribution < 1.29 is 0 Å². The number of hydrogen-bond donors (Lipinski definition) is 0. The maximum absolute atomic E-state index is 3.69. The molecule has 0 spiro atoms. The molecule has 0 saturated carbocycles. The van der Waals surface area contributed by atoms with Gasteiger partial charge in [0, 0.05) is 19.3 Å². The van der Waals surface area contributed by atoms with Crippen LogP contribution >= 0.6 is 0 Å². The van der Waals surface area contributed by atoms with Crippen molar-refractivity contribution in [2.45, 2.75) is 26.7 Å². The standard InChI is InChI=1S/C10H19N/c1-5-7-9-11(4)10(3)8-6-2/h5,8H,1,6-7,9H2,2-4H3/b10-8+. The molecule has 1 heteroatoms. The second-order valence-electron chi connectivity index (χ2n) is 2.75. The largest absolute Gasteiger partial charge is 0.378 e. The van der Waals surface area contributed by atoms with Crippen LogP contribution in [-0.2, 0) is 0 Å². The minimum absolute atomic E-state index is 1.06. The lowest BCUT2D eigenvalue weighted by Crippen LogP contribution is -2.16. The van der Waals surface area contributed by atoms with Crippen LogP contribution in [0.3, 0.4) is 0 Å². The maximum Gasteiger partial charge on any atom is 0.0206 e. The van der Waals surface area contributed by atoms with Crippen molar-refractivity contribution in [1.29, 1.82) is 0 Å². The lowest BCUT2D eigenvalue weighted by molar-refractivity contribution is 0.425. The van der Waals surface area contributed by atoms with Gasteiger partial charge in [-0.05, 0) is 19.8 Å². The van der Waals surface area contributed by atoms with E-state index >= 15 is 0 Å². The molecular weight excluding hydrogens is 134 g/mol. The van der Waals surface area contributed by atoms with Gasteiger partial charge in [0.15, 0.2) is 0 Å². The molecule has 0 heterocycles. The van der Waals surface area contributed by atoms with E-state index in [0.717, 1.165) is 19.4 Å². The Hall–Kier alpha value is -0.720. The highest BCUT2D eigenvalue weighted by Gasteiger charge is 1.94. The molecule has 0 aliphatic rings. The highest BCUT2D eigenvalue weighted by atomic mass is 15.1. The van der Waals surface area contributed by atoms with Crippen LogP contribution < -0.4 is 0 Å². The minimum atomic E-state index is 1.06. The van der Waals surface area contributed by atoms with Crippen LogP contribution in [0.5, 0.6) is 0 Å². The summed E-state index contributed by atoms with van der Waals surface area (Å²) in [5.41, 5.74) is 1.36. The van der Waals surface area contributed by atoms with Crippen LogP contribution in [0.25, 0.3) is 0 Å². The van der Waals surface area contributed by atoms with E-state index in [2.05, 4.69) is 38.5 Å². The van der Waals surface area contributed by atoms with Gasteiger partial charge >= 0.3 is 0 Å². The first-order valence-corrected chi connectivity index (χ1v) is 4.21. The first-order valence-electron chi connectivity index (χ1n) is 4.21. The SMILES string of the molecule is C=CCCN(C)/C(C)=C/CC. The molecule has 0 N–H and O–H groups in total. The zero-order valence-electron chi connectivity index (χ0n) is 7.93. The molecule has 0 bridgehead atoms. The second kappa shape index (κ2) is 6.02. The van der Waals surface area contributed by atoms with Gasteiger partial charge in [-0.2, -0.15) is 0 Å². The molecule has 11 heavy (non-hydrogen) atoms. The summed E-state index contributed by atoms with van der Waals surface area (Å²) < 4.78 is 0. The summed E-state index contributed by atoms with van der Waals surface area (Å²) in [7, 11) is 2.12. The third kappa shape index (κ3) is 4.65. The molecule has 0 aromatic rings. The molecule has 0 fully saturated rings. The summed E-state index contributed by atoms with van der Waals surface area (Å²) in [6.45, 7) is 9.07. The molecule has 1 nitrogen and oxygen atoms in total. The van der Waals surface area contributed by atoms with Crippen molar-refractivity contribution in [2.75, 3.05) is 13.6 Å². The van der Waals surface area contributed by atoms with Gasteiger partial charge in [-0.1, -0.05) is 19.1 Å². The quantitative estimate of drug-likeness (QED) is 0.549. The lowest BCUT2D eigenvalue weighted by Gasteiger charge is -2.18. The highest BCUT2D eigenvalue weighted by molar-refractivity contribution is 4.95. The normalized spacial score (nSPS) is 11.4. The summed E-state index contributed by atoms with van der Waals surface area (Å²) >= 11 is 0. The van der Waals surface area contributed by atoms with E-state index in [1.165, 1.54) is 5.70 Å². The summed E-state index contributed by atoms with van der Waals surface area (Å²) in [6.07, 6.45) is 6.37. The molecule has 64 valence electrons. The van der Waals surface area contributed by atoms with Crippen LogP contribution in [0.1, 0.15) is 26.7 Å². The maximum atomic E-state index is 3.69. The molecule has 0 amide bonds. The zero-order valence-corrected chi connectivity index (χ0v) is 7.93. The lowest BCUT2D eigenvalue weighted by atomic mass is 10.3. The zero-order chi connectivity index (χ0) is 8.69. The van der Waals surface area contributed by atoms with Crippen LogP contribution in [0, 0.1) is 0 Å². The van der Waals surface area contributed by atoms with Crippen molar-refractivity contribution in [3.8, 4) is 0 Å². The predicted molar refractivity (Wildman–Crippen MR) is 51.5 cm³/mol. The van der Waals surface area contributed by atoms with Crippen molar-refractivity contribution in [2.24, 2.45) is 0 Å².